The molecule has 18 heavy (non-hydrogen) atoms. The average Bonchev–Trinajstić information content (AvgIpc) is 2.39. The summed E-state index contributed by atoms with van der Waals surface area (Å²) < 4.78 is 25.3. The van der Waals surface area contributed by atoms with Gasteiger partial charge in [0.1, 0.15) is 11.6 Å². The van der Waals surface area contributed by atoms with Crippen LogP contribution in [0.15, 0.2) is 59.7 Å². The Balaban J connectivity index is 1.98. The van der Waals surface area contributed by atoms with Crippen molar-refractivity contribution in [1.29, 1.82) is 0 Å². The number of aliphatic imine (C=N–C) groups is 1. The minimum atomic E-state index is -0.269. The Morgan fingerprint density at radius 1 is 0.722 bits per heavy atom. The molecule has 0 unspecified atom stereocenters. The summed E-state index contributed by atoms with van der Waals surface area (Å²) in [5.74, 6) is -0.532. The Bertz CT molecular complexity index is 501. The van der Waals surface area contributed by atoms with Gasteiger partial charge in [-0.05, 0) is 41.5 Å². The summed E-state index contributed by atoms with van der Waals surface area (Å²) in [5.41, 5.74) is 1.69. The van der Waals surface area contributed by atoms with Crippen molar-refractivity contribution in [3.8, 4) is 0 Å². The molecule has 2 aromatic rings. The van der Waals surface area contributed by atoms with Crippen molar-refractivity contribution in [2.45, 2.75) is 0 Å². The Hall–Kier alpha value is -2.29. The van der Waals surface area contributed by atoms with Gasteiger partial charge in [-0.15, -0.1) is 0 Å². The van der Waals surface area contributed by atoms with E-state index < -0.39 is 0 Å². The van der Waals surface area contributed by atoms with Crippen molar-refractivity contribution in [3.05, 3.63) is 77.5 Å². The van der Waals surface area contributed by atoms with Crippen LogP contribution in [0.3, 0.4) is 0 Å². The number of hydrogen-bond acceptors (Lipinski definition) is 1. The zero-order valence-corrected chi connectivity index (χ0v) is 9.55. The predicted molar refractivity (Wildman–Crippen MR) is 69.4 cm³/mol. The van der Waals surface area contributed by atoms with Crippen molar-refractivity contribution >= 4 is 12.3 Å². The fourth-order valence-electron chi connectivity index (χ4n) is 1.38. The summed E-state index contributed by atoms with van der Waals surface area (Å²) in [6.45, 7) is 0. The smallest absolute Gasteiger partial charge is 0.123 e. The maximum Gasteiger partial charge on any atom is 0.123 e. The topological polar surface area (TPSA) is 12.4 Å². The van der Waals surface area contributed by atoms with Crippen LogP contribution < -0.4 is 0 Å². The number of nitrogens with zero attached hydrogens (tertiary/aromatic N) is 1. The lowest BCUT2D eigenvalue weighted by Crippen LogP contribution is -1.80. The summed E-state index contributed by atoms with van der Waals surface area (Å²) in [4.78, 5) is 4.07. The molecule has 90 valence electrons. The second-order valence-electron chi connectivity index (χ2n) is 3.70. The van der Waals surface area contributed by atoms with E-state index in [-0.39, 0.29) is 11.6 Å². The quantitative estimate of drug-likeness (QED) is 0.721. The average molecular weight is 243 g/mol. The van der Waals surface area contributed by atoms with Crippen molar-refractivity contribution in [2.75, 3.05) is 0 Å². The Labute approximate surface area is 104 Å². The van der Waals surface area contributed by atoms with E-state index in [0.29, 0.717) is 0 Å². The van der Waals surface area contributed by atoms with Gasteiger partial charge in [0.15, 0.2) is 0 Å². The predicted octanol–water partition coefficient (Wildman–Crippen LogP) is 4.05. The summed E-state index contributed by atoms with van der Waals surface area (Å²) in [6.07, 6.45) is 5.00. The molecule has 2 rings (SSSR count). The fourth-order valence-corrected chi connectivity index (χ4v) is 1.38. The molecule has 0 amide bonds. The van der Waals surface area contributed by atoms with Crippen LogP contribution in [0.25, 0.3) is 6.08 Å². The molecule has 0 N–H and O–H groups in total. The Kier molecular flexibility index (Phi) is 3.97. The number of benzene rings is 2. The first-order chi connectivity index (χ1) is 8.74. The van der Waals surface area contributed by atoms with Crippen LogP contribution >= 0.6 is 0 Å². The molecular formula is C15H11F2N. The normalized spacial score (nSPS) is 11.4. The van der Waals surface area contributed by atoms with E-state index in [2.05, 4.69) is 4.99 Å². The third-order valence-electron chi connectivity index (χ3n) is 2.32. The standard InChI is InChI=1S/C15H11F2N/c16-14-5-1-12(2-6-14)9-10-18-11-13-3-7-15(17)8-4-13/h1-11H/b10-9+,18-11?. The molecule has 0 atom stereocenters. The van der Waals surface area contributed by atoms with E-state index in [1.165, 1.54) is 24.3 Å². The second kappa shape index (κ2) is 5.87. The number of hydrogen-bond donors (Lipinski definition) is 0. The summed E-state index contributed by atoms with van der Waals surface area (Å²) in [6, 6.07) is 12.2. The highest BCUT2D eigenvalue weighted by Crippen LogP contribution is 2.05. The van der Waals surface area contributed by atoms with Crippen LogP contribution in [-0.4, -0.2) is 6.21 Å². The lowest BCUT2D eigenvalue weighted by atomic mass is 10.2. The highest BCUT2D eigenvalue weighted by molar-refractivity contribution is 5.80. The second-order valence-corrected chi connectivity index (χ2v) is 3.70. The molecule has 0 radical (unpaired) electrons. The first-order valence-electron chi connectivity index (χ1n) is 5.45. The molecule has 0 saturated heterocycles. The maximum absolute atomic E-state index is 12.6. The van der Waals surface area contributed by atoms with Gasteiger partial charge in [0.05, 0.1) is 0 Å². The van der Waals surface area contributed by atoms with Crippen LogP contribution in [0.5, 0.6) is 0 Å². The third-order valence-corrected chi connectivity index (χ3v) is 2.32. The van der Waals surface area contributed by atoms with Crippen LogP contribution in [-0.2, 0) is 0 Å². The van der Waals surface area contributed by atoms with Crippen molar-refractivity contribution in [2.24, 2.45) is 4.99 Å². The van der Waals surface area contributed by atoms with Gasteiger partial charge in [-0.1, -0.05) is 24.3 Å². The van der Waals surface area contributed by atoms with Gasteiger partial charge >= 0.3 is 0 Å². The largest absolute Gasteiger partial charge is 0.264 e. The fraction of sp³-hybridized carbons (Fsp3) is 0. The molecule has 0 bridgehead atoms. The van der Waals surface area contributed by atoms with E-state index in [9.17, 15) is 8.78 Å². The first-order valence-corrected chi connectivity index (χ1v) is 5.45. The minimum Gasteiger partial charge on any atom is -0.264 e. The van der Waals surface area contributed by atoms with Crippen LogP contribution in [0.1, 0.15) is 11.1 Å². The SMILES string of the molecule is Fc1ccc(C=N/C=C/c2ccc(F)cc2)cc1. The summed E-state index contributed by atoms with van der Waals surface area (Å²) in [5, 5.41) is 0. The van der Waals surface area contributed by atoms with Gasteiger partial charge < -0.3 is 0 Å². The Morgan fingerprint density at radius 3 is 1.78 bits per heavy atom. The molecular weight excluding hydrogens is 232 g/mol. The first kappa shape index (κ1) is 12.2. The molecule has 0 aromatic heterocycles. The van der Waals surface area contributed by atoms with Crippen molar-refractivity contribution < 1.29 is 8.78 Å². The molecule has 0 fully saturated rings. The zero-order chi connectivity index (χ0) is 12.8. The highest BCUT2D eigenvalue weighted by atomic mass is 19.1. The van der Waals surface area contributed by atoms with Gasteiger partial charge in [0.25, 0.3) is 0 Å². The molecule has 3 heteroatoms. The van der Waals surface area contributed by atoms with E-state index in [1.54, 1.807) is 42.8 Å². The molecule has 0 spiro atoms. The highest BCUT2D eigenvalue weighted by Gasteiger charge is 1.89. The van der Waals surface area contributed by atoms with E-state index in [4.69, 9.17) is 0 Å². The summed E-state index contributed by atoms with van der Waals surface area (Å²) >= 11 is 0. The summed E-state index contributed by atoms with van der Waals surface area (Å²) in [7, 11) is 0. The van der Waals surface area contributed by atoms with Gasteiger partial charge in [0.2, 0.25) is 0 Å². The van der Waals surface area contributed by atoms with Crippen molar-refractivity contribution in [1.82, 2.24) is 0 Å². The lowest BCUT2D eigenvalue weighted by Gasteiger charge is -1.92. The number of rotatable bonds is 3. The van der Waals surface area contributed by atoms with Crippen LogP contribution in [0.2, 0.25) is 0 Å². The lowest BCUT2D eigenvalue weighted by molar-refractivity contribution is 0.627. The van der Waals surface area contributed by atoms with E-state index in [1.807, 2.05) is 0 Å². The Morgan fingerprint density at radius 2 is 1.22 bits per heavy atom. The molecule has 0 aliphatic rings. The van der Waals surface area contributed by atoms with Gasteiger partial charge in [-0.25, -0.2) is 8.78 Å². The van der Waals surface area contributed by atoms with Crippen LogP contribution in [0.4, 0.5) is 8.78 Å². The zero-order valence-electron chi connectivity index (χ0n) is 9.55. The molecule has 0 aliphatic heterocycles. The number of halogens is 2. The molecule has 0 saturated carbocycles. The van der Waals surface area contributed by atoms with Gasteiger partial charge in [-0.2, -0.15) is 0 Å². The molecule has 0 aliphatic carbocycles. The maximum atomic E-state index is 12.6. The molecule has 2 aromatic carbocycles. The van der Waals surface area contributed by atoms with Gasteiger partial charge in [-0.3, -0.25) is 4.99 Å². The molecule has 1 nitrogen and oxygen atoms in total. The van der Waals surface area contributed by atoms with Crippen molar-refractivity contribution in [3.63, 3.8) is 0 Å². The molecule has 0 heterocycles. The van der Waals surface area contributed by atoms with Gasteiger partial charge in [0, 0.05) is 12.4 Å². The van der Waals surface area contributed by atoms with E-state index >= 15 is 0 Å². The third kappa shape index (κ3) is 3.63. The van der Waals surface area contributed by atoms with Crippen LogP contribution in [0, 0.1) is 11.6 Å². The minimum absolute atomic E-state index is 0.262. The van der Waals surface area contributed by atoms with E-state index in [0.717, 1.165) is 11.1 Å². The monoisotopic (exact) mass is 243 g/mol.